The fourth-order valence-electron chi connectivity index (χ4n) is 0.779. The molecule has 0 unspecified atom stereocenters. The van der Waals surface area contributed by atoms with E-state index in [0.29, 0.717) is 0 Å². The number of alkyl halides is 3. The van der Waals surface area contributed by atoms with Gasteiger partial charge in [-0.1, -0.05) is 0 Å². The monoisotopic (exact) mass is 244 g/mol. The fraction of sp³-hybridized carbons (Fsp3) is 0.286. The molecule has 0 aliphatic rings. The second kappa shape index (κ2) is 5.90. The number of carboxylic acids is 1. The molecule has 0 amide bonds. The van der Waals surface area contributed by atoms with Gasteiger partial charge in [0.15, 0.2) is 0 Å². The van der Waals surface area contributed by atoms with Crippen LogP contribution in [0, 0.1) is 0 Å². The second-order valence-electron chi connectivity index (χ2n) is 2.42. The zero-order valence-corrected chi connectivity index (χ0v) is 10.8. The summed E-state index contributed by atoms with van der Waals surface area (Å²) in [5, 5.41) is 10.1. The molecule has 0 atom stereocenters. The van der Waals surface area contributed by atoms with Gasteiger partial charge < -0.3 is 9.90 Å². The third-order valence-corrected chi connectivity index (χ3v) is 1.29. The molecule has 0 radical (unpaired) electrons. The number of halogens is 3. The van der Waals surface area contributed by atoms with Crippen LogP contribution < -0.4 is 56.5 Å². The van der Waals surface area contributed by atoms with Gasteiger partial charge in [0.05, 0.1) is 5.69 Å². The normalized spacial score (nSPS) is 10.6. The molecule has 15 heavy (non-hydrogen) atoms. The molecule has 1 heterocycles. The molecular weight excluding hydrogens is 240 g/mol. The average Bonchev–Trinajstić information content (AvgIpc) is 2.01. The number of hydrogen-bond acceptors (Lipinski definition) is 4. The Kier molecular flexibility index (Phi) is 5.89. The van der Waals surface area contributed by atoms with E-state index in [1.807, 2.05) is 0 Å². The van der Waals surface area contributed by atoms with Gasteiger partial charge in [0, 0.05) is 18.6 Å². The van der Waals surface area contributed by atoms with E-state index >= 15 is 0 Å². The SMILES string of the molecule is O=C([O-])Cc1ccnc(C(F)(F)F)n1.[K+]. The van der Waals surface area contributed by atoms with Gasteiger partial charge in [0.25, 0.3) is 0 Å². The minimum absolute atomic E-state index is 0. The van der Waals surface area contributed by atoms with E-state index in [1.54, 1.807) is 0 Å². The quantitative estimate of drug-likeness (QED) is 0.514. The molecule has 0 N–H and O–H groups in total. The van der Waals surface area contributed by atoms with Gasteiger partial charge in [-0.3, -0.25) is 0 Å². The molecule has 0 aliphatic carbocycles. The number of aromatic nitrogens is 2. The summed E-state index contributed by atoms with van der Waals surface area (Å²) in [4.78, 5) is 16.1. The Hall–Kier alpha value is -0.0236. The molecule has 1 aromatic heterocycles. The molecule has 0 aliphatic heterocycles. The Balaban J connectivity index is 0.00000196. The standard InChI is InChI=1S/C7H5F3N2O2.K/c8-7(9,10)6-11-2-1-4(12-6)3-5(13)14;/h1-2H,3H2,(H,13,14);/q;+1/p-1. The van der Waals surface area contributed by atoms with Crippen molar-refractivity contribution in [1.29, 1.82) is 0 Å². The van der Waals surface area contributed by atoms with Gasteiger partial charge in [0.1, 0.15) is 0 Å². The zero-order chi connectivity index (χ0) is 10.8. The zero-order valence-electron chi connectivity index (χ0n) is 7.71. The van der Waals surface area contributed by atoms with E-state index in [-0.39, 0.29) is 57.1 Å². The van der Waals surface area contributed by atoms with Crippen LogP contribution in [-0.4, -0.2) is 15.9 Å². The van der Waals surface area contributed by atoms with Crippen molar-refractivity contribution in [2.24, 2.45) is 0 Å². The Morgan fingerprint density at radius 2 is 2.07 bits per heavy atom. The number of rotatable bonds is 2. The molecule has 4 nitrogen and oxygen atoms in total. The number of aliphatic carboxylic acids is 1. The van der Waals surface area contributed by atoms with Crippen LogP contribution in [0.5, 0.6) is 0 Å². The summed E-state index contributed by atoms with van der Waals surface area (Å²) in [6.45, 7) is 0. The van der Waals surface area contributed by atoms with Crippen LogP contribution in [0.2, 0.25) is 0 Å². The van der Waals surface area contributed by atoms with Crippen molar-refractivity contribution in [1.82, 2.24) is 9.97 Å². The van der Waals surface area contributed by atoms with Gasteiger partial charge in [0.2, 0.25) is 5.82 Å². The molecule has 0 aromatic carbocycles. The molecule has 1 aromatic rings. The Morgan fingerprint density at radius 3 is 2.53 bits per heavy atom. The van der Waals surface area contributed by atoms with Crippen molar-refractivity contribution in [3.05, 3.63) is 23.8 Å². The first-order valence-electron chi connectivity index (χ1n) is 3.48. The Morgan fingerprint density at radius 1 is 1.47 bits per heavy atom. The number of carboxylic acid groups (broad SMARTS) is 1. The Labute approximate surface area is 125 Å². The van der Waals surface area contributed by atoms with Crippen LogP contribution >= 0.6 is 0 Å². The van der Waals surface area contributed by atoms with Crippen LogP contribution in [0.3, 0.4) is 0 Å². The van der Waals surface area contributed by atoms with Gasteiger partial charge >= 0.3 is 57.6 Å². The summed E-state index contributed by atoms with van der Waals surface area (Å²) in [7, 11) is 0. The number of carbonyl (C=O) groups excluding carboxylic acids is 1. The summed E-state index contributed by atoms with van der Waals surface area (Å²) in [5.41, 5.74) is -0.229. The number of hydrogen-bond donors (Lipinski definition) is 0. The second-order valence-corrected chi connectivity index (χ2v) is 2.42. The van der Waals surface area contributed by atoms with Crippen molar-refractivity contribution >= 4 is 5.97 Å². The van der Waals surface area contributed by atoms with Crippen molar-refractivity contribution in [3.63, 3.8) is 0 Å². The summed E-state index contributed by atoms with van der Waals surface area (Å²) < 4.78 is 36.1. The predicted molar refractivity (Wildman–Crippen MR) is 35.7 cm³/mol. The Bertz CT molecular complexity index is 356. The molecular formula is C7H4F3KN2O2. The smallest absolute Gasteiger partial charge is 0.550 e. The molecule has 0 saturated carbocycles. The predicted octanol–water partition coefficient (Wildman–Crippen LogP) is -3.21. The van der Waals surface area contributed by atoms with Crippen LogP contribution in [0.25, 0.3) is 0 Å². The number of nitrogens with zero attached hydrogens (tertiary/aromatic N) is 2. The van der Waals surface area contributed by atoms with Gasteiger partial charge in [-0.15, -0.1) is 0 Å². The first-order chi connectivity index (χ1) is 6.39. The van der Waals surface area contributed by atoms with E-state index in [9.17, 15) is 23.1 Å². The molecule has 0 saturated heterocycles. The molecule has 0 fully saturated rings. The largest absolute Gasteiger partial charge is 1.00 e. The summed E-state index contributed by atoms with van der Waals surface area (Å²) in [5.74, 6) is -2.84. The number of carbonyl (C=O) groups is 1. The van der Waals surface area contributed by atoms with E-state index in [4.69, 9.17) is 0 Å². The summed E-state index contributed by atoms with van der Waals surface area (Å²) in [6.07, 6.45) is -4.47. The first-order valence-corrected chi connectivity index (χ1v) is 3.48. The molecule has 76 valence electrons. The molecule has 0 spiro atoms. The van der Waals surface area contributed by atoms with Crippen molar-refractivity contribution < 1.29 is 74.5 Å². The van der Waals surface area contributed by atoms with Crippen LogP contribution in [-0.2, 0) is 17.4 Å². The van der Waals surface area contributed by atoms with Gasteiger partial charge in [-0.05, 0) is 6.07 Å². The van der Waals surface area contributed by atoms with Crippen LogP contribution in [0.15, 0.2) is 12.3 Å². The van der Waals surface area contributed by atoms with Crippen molar-refractivity contribution in [3.8, 4) is 0 Å². The van der Waals surface area contributed by atoms with Crippen molar-refractivity contribution in [2.75, 3.05) is 0 Å². The van der Waals surface area contributed by atoms with Crippen LogP contribution in [0.1, 0.15) is 11.5 Å². The molecule has 8 heteroatoms. The minimum atomic E-state index is -4.66. The first kappa shape index (κ1) is 15.0. The fourth-order valence-corrected chi connectivity index (χ4v) is 0.779. The maximum Gasteiger partial charge on any atom is 1.00 e. The topological polar surface area (TPSA) is 65.9 Å². The van der Waals surface area contributed by atoms with Crippen molar-refractivity contribution in [2.45, 2.75) is 12.6 Å². The third-order valence-electron chi connectivity index (χ3n) is 1.29. The molecule has 0 bridgehead atoms. The maximum atomic E-state index is 12.0. The maximum absolute atomic E-state index is 12.0. The molecule has 1 rings (SSSR count). The average molecular weight is 244 g/mol. The van der Waals surface area contributed by atoms with E-state index in [2.05, 4.69) is 9.97 Å². The minimum Gasteiger partial charge on any atom is -0.550 e. The summed E-state index contributed by atoms with van der Waals surface area (Å²) in [6, 6.07) is 1.09. The van der Waals surface area contributed by atoms with E-state index < -0.39 is 24.4 Å². The van der Waals surface area contributed by atoms with E-state index in [1.165, 1.54) is 0 Å². The van der Waals surface area contributed by atoms with Gasteiger partial charge in [-0.2, -0.15) is 13.2 Å². The third kappa shape index (κ3) is 5.02. The van der Waals surface area contributed by atoms with Crippen LogP contribution in [0.4, 0.5) is 13.2 Å². The van der Waals surface area contributed by atoms with E-state index in [0.717, 1.165) is 12.3 Å². The van der Waals surface area contributed by atoms with Gasteiger partial charge in [-0.25, -0.2) is 9.97 Å². The summed E-state index contributed by atoms with van der Waals surface area (Å²) >= 11 is 0.